The van der Waals surface area contributed by atoms with E-state index in [9.17, 15) is 0 Å². The number of benzene rings is 5. The van der Waals surface area contributed by atoms with Crippen molar-refractivity contribution in [1.82, 2.24) is 24.3 Å². The van der Waals surface area contributed by atoms with Gasteiger partial charge >= 0.3 is 0 Å². The van der Waals surface area contributed by atoms with Crippen LogP contribution in [0.1, 0.15) is 0 Å². The highest BCUT2D eigenvalue weighted by atomic mass is 15.1. The van der Waals surface area contributed by atoms with Crippen molar-refractivity contribution in [3.05, 3.63) is 140 Å². The van der Waals surface area contributed by atoms with E-state index in [0.29, 0.717) is 5.82 Å². The second-order valence-corrected chi connectivity index (χ2v) is 9.98. The van der Waals surface area contributed by atoms with E-state index in [1.807, 2.05) is 72.8 Å². The van der Waals surface area contributed by atoms with Gasteiger partial charge in [-0.15, -0.1) is 0 Å². The summed E-state index contributed by atoms with van der Waals surface area (Å²) in [7, 11) is 0. The highest BCUT2D eigenvalue weighted by Gasteiger charge is 2.16. The van der Waals surface area contributed by atoms with Gasteiger partial charge in [0.25, 0.3) is 0 Å². The van der Waals surface area contributed by atoms with Crippen molar-refractivity contribution in [3.63, 3.8) is 0 Å². The first kappa shape index (κ1) is 23.2. The summed E-state index contributed by atoms with van der Waals surface area (Å²) >= 11 is 0. The molecule has 0 unspecified atom stereocenters. The third-order valence-corrected chi connectivity index (χ3v) is 7.41. The monoisotopic (exact) mass is 525 g/mol. The van der Waals surface area contributed by atoms with Crippen LogP contribution in [0.3, 0.4) is 0 Å². The fourth-order valence-corrected chi connectivity index (χ4v) is 5.40. The van der Waals surface area contributed by atoms with Gasteiger partial charge in [-0.2, -0.15) is 0 Å². The Bertz CT molecular complexity index is 2130. The van der Waals surface area contributed by atoms with Gasteiger partial charge in [-0.25, -0.2) is 19.9 Å². The number of para-hydroxylation sites is 3. The first-order chi connectivity index (χ1) is 20.3. The molecule has 3 heterocycles. The fraction of sp³-hybridized carbons (Fsp3) is 0. The summed E-state index contributed by atoms with van der Waals surface area (Å²) in [5, 5.41) is 1.03. The van der Waals surface area contributed by atoms with Crippen LogP contribution in [0, 0.1) is 0 Å². The Labute approximate surface area is 236 Å². The van der Waals surface area contributed by atoms with E-state index in [1.165, 1.54) is 0 Å². The zero-order valence-corrected chi connectivity index (χ0v) is 22.0. The lowest BCUT2D eigenvalue weighted by Crippen LogP contribution is -1.98. The molecule has 0 aliphatic rings. The van der Waals surface area contributed by atoms with Crippen LogP contribution in [0.25, 0.3) is 72.9 Å². The van der Waals surface area contributed by atoms with E-state index in [1.54, 1.807) is 0 Å². The van der Waals surface area contributed by atoms with Crippen molar-refractivity contribution in [3.8, 4) is 45.3 Å². The molecule has 5 nitrogen and oxygen atoms in total. The molecule has 0 radical (unpaired) electrons. The molecule has 0 fully saturated rings. The molecule has 0 bridgehead atoms. The predicted molar refractivity (Wildman–Crippen MR) is 165 cm³/mol. The molecule has 0 saturated heterocycles. The normalized spacial score (nSPS) is 11.4. The van der Waals surface area contributed by atoms with Gasteiger partial charge in [0.2, 0.25) is 0 Å². The Morgan fingerprint density at radius 1 is 0.415 bits per heavy atom. The van der Waals surface area contributed by atoms with Crippen molar-refractivity contribution in [2.75, 3.05) is 0 Å². The van der Waals surface area contributed by atoms with Gasteiger partial charge < -0.3 is 0 Å². The molecule has 0 atom stereocenters. The average molecular weight is 526 g/mol. The van der Waals surface area contributed by atoms with Crippen LogP contribution < -0.4 is 0 Å². The minimum absolute atomic E-state index is 0.682. The average Bonchev–Trinajstić information content (AvgIpc) is 3.45. The molecule has 5 heteroatoms. The van der Waals surface area contributed by atoms with Gasteiger partial charge in [0, 0.05) is 27.6 Å². The van der Waals surface area contributed by atoms with Gasteiger partial charge in [-0.3, -0.25) is 4.40 Å². The Morgan fingerprint density at radius 2 is 0.976 bits per heavy atom. The molecule has 0 aliphatic heterocycles. The first-order valence-electron chi connectivity index (χ1n) is 13.6. The number of imidazole rings is 1. The largest absolute Gasteiger partial charge is 0.276 e. The molecule has 0 saturated carbocycles. The van der Waals surface area contributed by atoms with Crippen LogP contribution in [0.15, 0.2) is 140 Å². The van der Waals surface area contributed by atoms with Crippen LogP contribution >= 0.6 is 0 Å². The highest BCUT2D eigenvalue weighted by Crippen LogP contribution is 2.32. The van der Waals surface area contributed by atoms with Crippen LogP contribution in [-0.2, 0) is 0 Å². The maximum absolute atomic E-state index is 5.10. The zero-order valence-electron chi connectivity index (χ0n) is 22.0. The number of aromatic nitrogens is 5. The van der Waals surface area contributed by atoms with E-state index in [2.05, 4.69) is 71.1 Å². The van der Waals surface area contributed by atoms with Crippen molar-refractivity contribution in [1.29, 1.82) is 0 Å². The number of rotatable bonds is 4. The van der Waals surface area contributed by atoms with Gasteiger partial charge in [-0.05, 0) is 30.3 Å². The minimum atomic E-state index is 0.682. The van der Waals surface area contributed by atoms with Crippen LogP contribution in [0.5, 0.6) is 0 Å². The molecular weight excluding hydrogens is 502 g/mol. The summed E-state index contributed by atoms with van der Waals surface area (Å²) in [6, 6.07) is 47.3. The van der Waals surface area contributed by atoms with Crippen LogP contribution in [0.2, 0.25) is 0 Å². The topological polar surface area (TPSA) is 56.0 Å². The van der Waals surface area contributed by atoms with Crippen molar-refractivity contribution < 1.29 is 0 Å². The SMILES string of the molecule is c1ccc(-c2cc(-c3ccccc3)nc(-c3ccc(-c4nc5ccccc5c5nc6ccccc6n45)cc3)n2)cc1. The second kappa shape index (κ2) is 9.50. The van der Waals surface area contributed by atoms with Crippen molar-refractivity contribution >= 4 is 27.6 Å². The third-order valence-electron chi connectivity index (χ3n) is 7.41. The van der Waals surface area contributed by atoms with E-state index < -0.39 is 0 Å². The Morgan fingerprint density at radius 3 is 1.66 bits per heavy atom. The quantitative estimate of drug-likeness (QED) is 0.231. The predicted octanol–water partition coefficient (Wildman–Crippen LogP) is 8.49. The molecule has 8 aromatic rings. The summed E-state index contributed by atoms with van der Waals surface area (Å²) in [5.41, 5.74) is 9.63. The van der Waals surface area contributed by atoms with E-state index in [-0.39, 0.29) is 0 Å². The Kier molecular flexibility index (Phi) is 5.38. The van der Waals surface area contributed by atoms with E-state index >= 15 is 0 Å². The Hall–Kier alpha value is -5.68. The summed E-state index contributed by atoms with van der Waals surface area (Å²) < 4.78 is 2.16. The third kappa shape index (κ3) is 4.03. The zero-order chi connectivity index (χ0) is 27.2. The van der Waals surface area contributed by atoms with Crippen LogP contribution in [-0.4, -0.2) is 24.3 Å². The first-order valence-corrected chi connectivity index (χ1v) is 13.6. The van der Waals surface area contributed by atoms with Crippen molar-refractivity contribution in [2.45, 2.75) is 0 Å². The molecule has 41 heavy (non-hydrogen) atoms. The van der Waals surface area contributed by atoms with Crippen LogP contribution in [0.4, 0.5) is 0 Å². The van der Waals surface area contributed by atoms with Gasteiger partial charge in [-0.1, -0.05) is 109 Å². The lowest BCUT2D eigenvalue weighted by atomic mass is 10.1. The van der Waals surface area contributed by atoms with Crippen molar-refractivity contribution in [2.24, 2.45) is 0 Å². The maximum Gasteiger partial charge on any atom is 0.160 e. The number of nitrogens with zero attached hydrogens (tertiary/aromatic N) is 5. The standard InChI is InChI=1S/C36H23N5/c1-3-11-24(12-4-1)31-23-32(25-13-5-2-6-14-25)38-34(37-31)26-19-21-27(22-20-26)35-39-29-16-8-7-15-28(29)36-40-30-17-9-10-18-33(30)41(35)36/h1-23H. The lowest BCUT2D eigenvalue weighted by molar-refractivity contribution is 1.16. The molecule has 0 N–H and O–H groups in total. The molecular formula is C36H23N5. The highest BCUT2D eigenvalue weighted by molar-refractivity contribution is 5.98. The van der Waals surface area contributed by atoms with E-state index in [4.69, 9.17) is 19.9 Å². The molecule has 5 aromatic carbocycles. The number of fused-ring (bicyclic) bond motifs is 5. The molecule has 0 amide bonds. The summed E-state index contributed by atoms with van der Waals surface area (Å²) in [4.78, 5) is 20.0. The van der Waals surface area contributed by atoms with Gasteiger partial charge in [0.05, 0.1) is 27.9 Å². The van der Waals surface area contributed by atoms with Gasteiger partial charge in [0.1, 0.15) is 11.5 Å². The lowest BCUT2D eigenvalue weighted by Gasteiger charge is -2.11. The fourth-order valence-electron chi connectivity index (χ4n) is 5.40. The molecule has 3 aromatic heterocycles. The molecule has 192 valence electrons. The summed E-state index contributed by atoms with van der Waals surface area (Å²) in [5.74, 6) is 1.53. The van der Waals surface area contributed by atoms with E-state index in [0.717, 1.165) is 67.0 Å². The number of hydrogen-bond acceptors (Lipinski definition) is 4. The van der Waals surface area contributed by atoms with Gasteiger partial charge in [0.15, 0.2) is 5.82 Å². The number of hydrogen-bond donors (Lipinski definition) is 0. The molecule has 0 spiro atoms. The Balaban J connectivity index is 1.29. The minimum Gasteiger partial charge on any atom is -0.276 e. The molecule has 0 aliphatic carbocycles. The summed E-state index contributed by atoms with van der Waals surface area (Å²) in [6.07, 6.45) is 0. The summed E-state index contributed by atoms with van der Waals surface area (Å²) in [6.45, 7) is 0. The smallest absolute Gasteiger partial charge is 0.160 e. The maximum atomic E-state index is 5.10. The molecule has 8 rings (SSSR count). The second-order valence-electron chi connectivity index (χ2n) is 9.98.